The molecule has 2 amide bonds. The molecule has 3 heterocycles. The van der Waals surface area contributed by atoms with Crippen LogP contribution in [0.25, 0.3) is 22.3 Å². The summed E-state index contributed by atoms with van der Waals surface area (Å²) in [4.78, 5) is 43.5. The van der Waals surface area contributed by atoms with Crippen molar-refractivity contribution in [3.63, 3.8) is 0 Å². The van der Waals surface area contributed by atoms with Gasteiger partial charge in [-0.05, 0) is 48.5 Å². The quantitative estimate of drug-likeness (QED) is 0.310. The molecule has 0 bridgehead atoms. The zero-order valence-corrected chi connectivity index (χ0v) is 19.8. The van der Waals surface area contributed by atoms with Crippen molar-refractivity contribution in [3.05, 3.63) is 93.3 Å². The molecule has 0 fully saturated rings. The molecular weight excluding hydrogens is 516 g/mol. The largest absolute Gasteiger partial charge is 0.439 e. The number of pyridine rings is 1. The minimum atomic E-state index is -0.697. The zero-order chi connectivity index (χ0) is 24.5. The van der Waals surface area contributed by atoms with Gasteiger partial charge < -0.3 is 15.2 Å². The molecule has 2 aromatic carbocycles. The highest BCUT2D eigenvalue weighted by molar-refractivity contribution is 9.10. The van der Waals surface area contributed by atoms with Crippen LogP contribution >= 0.6 is 15.9 Å². The van der Waals surface area contributed by atoms with Crippen molar-refractivity contribution < 1.29 is 14.1 Å². The number of fused-ring (bicyclic) bond motifs is 1. The van der Waals surface area contributed by atoms with Crippen molar-refractivity contribution in [1.29, 1.82) is 0 Å². The average molecular weight is 533 g/mol. The fraction of sp³-hybridized carbons (Fsp3) is 0.0417. The highest BCUT2D eigenvalue weighted by Crippen LogP contribution is 2.30. The lowest BCUT2D eigenvalue weighted by Crippen LogP contribution is -2.16. The van der Waals surface area contributed by atoms with Gasteiger partial charge in [0.2, 0.25) is 0 Å². The highest BCUT2D eigenvalue weighted by Gasteiger charge is 2.18. The summed E-state index contributed by atoms with van der Waals surface area (Å²) in [6.45, 7) is 0. The molecule has 0 radical (unpaired) electrons. The Balaban J connectivity index is 1.43. The third kappa shape index (κ3) is 4.49. The van der Waals surface area contributed by atoms with Gasteiger partial charge in [-0.25, -0.2) is 4.79 Å². The van der Waals surface area contributed by atoms with Crippen molar-refractivity contribution in [2.75, 3.05) is 10.6 Å². The van der Waals surface area contributed by atoms with Crippen LogP contribution in [0.3, 0.4) is 0 Å². The lowest BCUT2D eigenvalue weighted by atomic mass is 10.1. The first-order chi connectivity index (χ1) is 16.9. The number of amides is 2. The van der Waals surface area contributed by atoms with E-state index in [2.05, 4.69) is 46.2 Å². The van der Waals surface area contributed by atoms with Gasteiger partial charge in [0.1, 0.15) is 5.69 Å². The molecule has 0 aliphatic heterocycles. The van der Waals surface area contributed by atoms with Gasteiger partial charge in [-0.15, -0.1) is 0 Å². The Morgan fingerprint density at radius 3 is 2.66 bits per heavy atom. The lowest BCUT2D eigenvalue weighted by molar-refractivity contribution is 0.101. The van der Waals surface area contributed by atoms with E-state index >= 15 is 0 Å². The molecule has 0 spiro atoms. The number of hydrogen-bond donors (Lipinski definition) is 3. The number of anilines is 2. The molecule has 0 aliphatic rings. The fourth-order valence-electron chi connectivity index (χ4n) is 3.68. The number of nitrogens with zero attached hydrogens (tertiary/aromatic N) is 3. The molecule has 5 rings (SSSR count). The molecule has 0 atom stereocenters. The Kier molecular flexibility index (Phi) is 5.75. The second-order valence-corrected chi connectivity index (χ2v) is 8.56. The molecule has 0 unspecified atom stereocenters. The van der Waals surface area contributed by atoms with Crippen LogP contribution in [0.5, 0.6) is 0 Å². The van der Waals surface area contributed by atoms with Crippen LogP contribution in [-0.4, -0.2) is 31.5 Å². The molecule has 0 saturated heterocycles. The Bertz CT molecular complexity index is 1640. The second kappa shape index (κ2) is 9.03. The van der Waals surface area contributed by atoms with Crippen molar-refractivity contribution >= 4 is 50.0 Å². The van der Waals surface area contributed by atoms with Crippen molar-refractivity contribution in [3.8, 4) is 11.4 Å². The number of halogens is 1. The first kappa shape index (κ1) is 22.3. The van der Waals surface area contributed by atoms with Crippen molar-refractivity contribution in [2.24, 2.45) is 7.05 Å². The van der Waals surface area contributed by atoms with Gasteiger partial charge in [-0.1, -0.05) is 27.2 Å². The number of aryl methyl sites for hydroxylation is 1. The van der Waals surface area contributed by atoms with Gasteiger partial charge in [0, 0.05) is 40.6 Å². The van der Waals surface area contributed by atoms with Crippen LogP contribution in [0.2, 0.25) is 0 Å². The third-order valence-corrected chi connectivity index (χ3v) is 5.88. The van der Waals surface area contributed by atoms with Crippen molar-refractivity contribution in [1.82, 2.24) is 19.7 Å². The predicted molar refractivity (Wildman–Crippen MR) is 133 cm³/mol. The number of nitrogens with one attached hydrogen (secondary N) is 3. The van der Waals surface area contributed by atoms with E-state index in [4.69, 9.17) is 0 Å². The van der Waals surface area contributed by atoms with Gasteiger partial charge in [0.25, 0.3) is 11.8 Å². The van der Waals surface area contributed by atoms with Gasteiger partial charge >= 0.3 is 5.76 Å². The maximum absolute atomic E-state index is 13.2. The number of carbonyl (C=O) groups is 2. The van der Waals surface area contributed by atoms with Crippen LogP contribution in [0.15, 0.2) is 80.8 Å². The first-order valence-electron chi connectivity index (χ1n) is 10.4. The van der Waals surface area contributed by atoms with Gasteiger partial charge in [0.15, 0.2) is 5.82 Å². The van der Waals surface area contributed by atoms with E-state index in [0.717, 1.165) is 15.4 Å². The van der Waals surface area contributed by atoms with E-state index < -0.39 is 5.76 Å². The summed E-state index contributed by atoms with van der Waals surface area (Å²) in [5, 5.41) is 10.3. The first-order valence-corrected chi connectivity index (χ1v) is 11.2. The standard InChI is InChI=1S/C24H17BrN6O4/c1-31-19-11-16(27-22(32)14-3-2-8-26-12-14)6-4-13(19)9-20(31)23(33)28-18-7-5-15(25)10-17(18)21-29-24(34)35-30-21/h2-12H,1H3,(H,27,32)(H,28,33)(H,29,30,34). The second-order valence-electron chi connectivity index (χ2n) is 7.65. The molecule has 0 aliphatic carbocycles. The Hall–Kier alpha value is -4.51. The topological polar surface area (TPSA) is 135 Å². The number of hydrogen-bond acceptors (Lipinski definition) is 6. The van der Waals surface area contributed by atoms with E-state index in [1.54, 1.807) is 66.3 Å². The van der Waals surface area contributed by atoms with Crippen LogP contribution in [0.1, 0.15) is 20.8 Å². The monoisotopic (exact) mass is 532 g/mol. The van der Waals surface area contributed by atoms with Crippen LogP contribution in [-0.2, 0) is 7.05 Å². The van der Waals surface area contributed by atoms with Crippen LogP contribution in [0.4, 0.5) is 11.4 Å². The molecular formula is C24H17BrN6O4. The summed E-state index contributed by atoms with van der Waals surface area (Å²) in [5.41, 5.74) is 3.12. The molecule has 35 heavy (non-hydrogen) atoms. The molecule has 5 aromatic rings. The number of benzene rings is 2. The van der Waals surface area contributed by atoms with Crippen LogP contribution < -0.4 is 16.4 Å². The molecule has 0 saturated carbocycles. The third-order valence-electron chi connectivity index (χ3n) is 5.38. The summed E-state index contributed by atoms with van der Waals surface area (Å²) in [6.07, 6.45) is 3.09. The van der Waals surface area contributed by atoms with Crippen LogP contribution in [0, 0.1) is 0 Å². The molecule has 3 N–H and O–H groups in total. The molecule has 174 valence electrons. The maximum atomic E-state index is 13.2. The Morgan fingerprint density at radius 1 is 1.06 bits per heavy atom. The van der Waals surface area contributed by atoms with Crippen molar-refractivity contribution in [2.45, 2.75) is 0 Å². The average Bonchev–Trinajstić information content (AvgIpc) is 3.44. The van der Waals surface area contributed by atoms with E-state index in [9.17, 15) is 14.4 Å². The van der Waals surface area contributed by atoms with E-state index in [-0.39, 0.29) is 17.6 Å². The Morgan fingerprint density at radius 2 is 1.91 bits per heavy atom. The molecule has 11 heteroatoms. The fourth-order valence-corrected chi connectivity index (χ4v) is 4.04. The SMILES string of the molecule is Cn1c(C(=O)Nc2ccc(Br)cc2-c2noc(=O)[nH]2)cc2ccc(NC(=O)c3cccnc3)cc21. The van der Waals surface area contributed by atoms with E-state index in [0.29, 0.717) is 28.2 Å². The maximum Gasteiger partial charge on any atom is 0.439 e. The summed E-state index contributed by atoms with van der Waals surface area (Å²) >= 11 is 3.38. The lowest BCUT2D eigenvalue weighted by Gasteiger charge is -2.10. The summed E-state index contributed by atoms with van der Waals surface area (Å²) < 4.78 is 7.08. The molecule has 10 nitrogen and oxygen atoms in total. The minimum Gasteiger partial charge on any atom is -0.340 e. The number of rotatable bonds is 5. The highest BCUT2D eigenvalue weighted by atomic mass is 79.9. The zero-order valence-electron chi connectivity index (χ0n) is 18.2. The Labute approximate surface area is 206 Å². The smallest absolute Gasteiger partial charge is 0.340 e. The number of aromatic nitrogens is 4. The summed E-state index contributed by atoms with van der Waals surface area (Å²) in [6, 6.07) is 15.7. The van der Waals surface area contributed by atoms with E-state index in [1.807, 2.05) is 6.07 Å². The minimum absolute atomic E-state index is 0.192. The number of carbonyl (C=O) groups excluding carboxylic acids is 2. The number of H-pyrrole nitrogens is 1. The number of aromatic amines is 1. The van der Waals surface area contributed by atoms with Gasteiger partial charge in [-0.3, -0.25) is 24.1 Å². The van der Waals surface area contributed by atoms with Gasteiger partial charge in [-0.2, -0.15) is 0 Å². The van der Waals surface area contributed by atoms with E-state index in [1.165, 1.54) is 6.20 Å². The molecule has 3 aromatic heterocycles. The summed E-state index contributed by atoms with van der Waals surface area (Å²) in [5.74, 6) is -1.15. The predicted octanol–water partition coefficient (Wildman–Crippen LogP) is 4.18. The normalized spacial score (nSPS) is 10.9. The summed E-state index contributed by atoms with van der Waals surface area (Å²) in [7, 11) is 1.77. The van der Waals surface area contributed by atoms with Gasteiger partial charge in [0.05, 0.1) is 16.8 Å².